The fourth-order valence-electron chi connectivity index (χ4n) is 7.04. The number of unbranched alkanes of at least 4 members (excludes halogenated alkanes) is 23. The number of quaternary nitrogens is 1. The van der Waals surface area contributed by atoms with Crippen LogP contribution < -0.4 is 0 Å². The Labute approximate surface area is 394 Å². The highest BCUT2D eigenvalue weighted by Gasteiger charge is 2.27. The Morgan fingerprint density at radius 1 is 0.500 bits per heavy atom. The smallest absolute Gasteiger partial charge is 0.462 e. The van der Waals surface area contributed by atoms with E-state index in [1.54, 1.807) is 0 Å². The third-order valence-corrected chi connectivity index (χ3v) is 12.0. The first-order valence-corrected chi connectivity index (χ1v) is 27.5. The molecule has 0 fully saturated rings. The number of phosphoric ester groups is 1. The summed E-state index contributed by atoms with van der Waals surface area (Å²) in [5.74, 6) is -0.797. The van der Waals surface area contributed by atoms with Crippen molar-refractivity contribution in [2.75, 3.05) is 47.5 Å². The third-order valence-electron chi connectivity index (χ3n) is 11.1. The number of rotatable bonds is 47. The van der Waals surface area contributed by atoms with E-state index in [9.17, 15) is 19.0 Å². The van der Waals surface area contributed by atoms with Gasteiger partial charge in [0.05, 0.1) is 27.7 Å². The summed E-state index contributed by atoms with van der Waals surface area (Å²) in [6.07, 6.45) is 57.3. The molecule has 0 radical (unpaired) electrons. The Balaban J connectivity index is 4.03. The van der Waals surface area contributed by atoms with Crippen molar-refractivity contribution >= 4 is 19.8 Å². The fourth-order valence-corrected chi connectivity index (χ4v) is 7.78. The minimum atomic E-state index is -4.37. The van der Waals surface area contributed by atoms with E-state index in [-0.39, 0.29) is 25.6 Å². The summed E-state index contributed by atoms with van der Waals surface area (Å²) in [6, 6.07) is 0. The number of ether oxygens (including phenoxy) is 2. The average molecular weight is 921 g/mol. The van der Waals surface area contributed by atoms with Crippen molar-refractivity contribution in [3.05, 3.63) is 60.8 Å². The quantitative estimate of drug-likeness (QED) is 0.0211. The van der Waals surface area contributed by atoms with Gasteiger partial charge in [-0.25, -0.2) is 4.57 Å². The SMILES string of the molecule is CC/C=C\C/C=C\C/C=C\C/C=C\C/C=C\CCCCCCCCCCCCCCCCCC(=O)OC(COC(=O)CCCCCCCCCCC)COP(=O)(O)OCC[N+](C)(C)C. The van der Waals surface area contributed by atoms with E-state index in [0.717, 1.165) is 64.2 Å². The molecule has 9 nitrogen and oxygen atoms in total. The van der Waals surface area contributed by atoms with Crippen LogP contribution in [0, 0.1) is 0 Å². The Morgan fingerprint density at radius 2 is 0.891 bits per heavy atom. The van der Waals surface area contributed by atoms with Gasteiger partial charge in [-0.2, -0.15) is 0 Å². The van der Waals surface area contributed by atoms with Crippen LogP contribution in [0.3, 0.4) is 0 Å². The molecular weight excluding hydrogens is 822 g/mol. The van der Waals surface area contributed by atoms with Gasteiger partial charge in [0.15, 0.2) is 6.10 Å². The van der Waals surface area contributed by atoms with Crippen LogP contribution in [-0.4, -0.2) is 74.9 Å². The maximum atomic E-state index is 12.7. The lowest BCUT2D eigenvalue weighted by Crippen LogP contribution is -2.37. The largest absolute Gasteiger partial charge is 0.472 e. The highest BCUT2D eigenvalue weighted by Crippen LogP contribution is 2.43. The molecule has 0 aliphatic carbocycles. The van der Waals surface area contributed by atoms with Gasteiger partial charge >= 0.3 is 19.8 Å². The van der Waals surface area contributed by atoms with Crippen LogP contribution in [-0.2, 0) is 32.7 Å². The number of carbonyl (C=O) groups is 2. The predicted molar refractivity (Wildman–Crippen MR) is 270 cm³/mol. The minimum Gasteiger partial charge on any atom is -0.462 e. The molecule has 0 spiro atoms. The van der Waals surface area contributed by atoms with Gasteiger partial charge in [-0.1, -0.05) is 209 Å². The molecule has 64 heavy (non-hydrogen) atoms. The summed E-state index contributed by atoms with van der Waals surface area (Å²) in [6.45, 7) is 4.30. The zero-order valence-electron chi connectivity index (χ0n) is 42.0. The maximum Gasteiger partial charge on any atom is 0.472 e. The number of allylic oxidation sites excluding steroid dienone is 10. The van der Waals surface area contributed by atoms with Gasteiger partial charge in [-0.3, -0.25) is 18.6 Å². The fraction of sp³-hybridized carbons (Fsp3) is 0.778. The average Bonchev–Trinajstić information content (AvgIpc) is 3.25. The van der Waals surface area contributed by atoms with E-state index in [1.165, 1.54) is 122 Å². The van der Waals surface area contributed by atoms with Crippen LogP contribution in [0.2, 0.25) is 0 Å². The van der Waals surface area contributed by atoms with E-state index in [0.29, 0.717) is 23.9 Å². The molecule has 372 valence electrons. The molecule has 0 amide bonds. The van der Waals surface area contributed by atoms with E-state index in [4.69, 9.17) is 18.5 Å². The standard InChI is InChI=1S/C54H98NO8P/c1-6-8-10-12-14-16-17-18-19-20-21-22-23-24-25-26-27-28-29-30-31-32-33-34-35-36-37-39-41-43-45-47-54(57)63-52(51-62-64(58,59)61-49-48-55(3,4)5)50-60-53(56)46-44-42-40-38-15-13-11-9-7-2/h8,10,14,16,18-19,21-22,24-25,52H,6-7,9,11-13,15,17,20,23,26-51H2,1-5H3/p+1/b10-8-,16-14-,19-18-,22-21-,25-24-. The second-order valence-electron chi connectivity index (χ2n) is 18.5. The monoisotopic (exact) mass is 921 g/mol. The van der Waals surface area contributed by atoms with E-state index >= 15 is 0 Å². The van der Waals surface area contributed by atoms with Crippen LogP contribution in [0.4, 0.5) is 0 Å². The van der Waals surface area contributed by atoms with Gasteiger partial charge in [0.1, 0.15) is 19.8 Å². The summed E-state index contributed by atoms with van der Waals surface area (Å²) in [5, 5.41) is 0. The van der Waals surface area contributed by atoms with Crippen LogP contribution in [0.25, 0.3) is 0 Å². The zero-order chi connectivity index (χ0) is 47.1. The summed E-state index contributed by atoms with van der Waals surface area (Å²) in [4.78, 5) is 35.4. The zero-order valence-corrected chi connectivity index (χ0v) is 42.9. The van der Waals surface area contributed by atoms with Crippen molar-refractivity contribution in [3.63, 3.8) is 0 Å². The topological polar surface area (TPSA) is 108 Å². The number of phosphoric acid groups is 1. The molecule has 0 saturated carbocycles. The van der Waals surface area contributed by atoms with Crippen molar-refractivity contribution in [2.45, 2.75) is 225 Å². The van der Waals surface area contributed by atoms with Gasteiger partial charge in [0.2, 0.25) is 0 Å². The molecule has 0 bridgehead atoms. The lowest BCUT2D eigenvalue weighted by Gasteiger charge is -2.24. The molecule has 0 heterocycles. The Kier molecular flexibility index (Phi) is 44.2. The van der Waals surface area contributed by atoms with Gasteiger partial charge in [0, 0.05) is 12.8 Å². The number of hydrogen-bond acceptors (Lipinski definition) is 7. The summed E-state index contributed by atoms with van der Waals surface area (Å²) >= 11 is 0. The third kappa shape index (κ3) is 49.2. The van der Waals surface area contributed by atoms with Gasteiger partial charge < -0.3 is 18.9 Å². The normalized spacial score (nSPS) is 13.9. The number of carbonyl (C=O) groups excluding carboxylic acids is 2. The molecule has 2 atom stereocenters. The van der Waals surface area contributed by atoms with Crippen molar-refractivity contribution < 1.29 is 42.1 Å². The number of hydrogen-bond donors (Lipinski definition) is 1. The lowest BCUT2D eigenvalue weighted by molar-refractivity contribution is -0.870. The van der Waals surface area contributed by atoms with Crippen molar-refractivity contribution in [1.29, 1.82) is 0 Å². The molecule has 0 aromatic rings. The first kappa shape index (κ1) is 61.7. The molecule has 0 aliphatic rings. The van der Waals surface area contributed by atoms with Gasteiger partial charge in [0.25, 0.3) is 0 Å². The number of nitrogens with zero attached hydrogens (tertiary/aromatic N) is 1. The highest BCUT2D eigenvalue weighted by molar-refractivity contribution is 7.47. The molecule has 0 aromatic heterocycles. The molecule has 0 rings (SSSR count). The second-order valence-corrected chi connectivity index (χ2v) is 20.0. The molecule has 0 aliphatic heterocycles. The predicted octanol–water partition coefficient (Wildman–Crippen LogP) is 15.6. The van der Waals surface area contributed by atoms with Crippen LogP contribution in [0.5, 0.6) is 0 Å². The maximum absolute atomic E-state index is 12.7. The van der Waals surface area contributed by atoms with Crippen LogP contribution in [0.15, 0.2) is 60.8 Å². The van der Waals surface area contributed by atoms with Crippen molar-refractivity contribution in [2.24, 2.45) is 0 Å². The summed E-state index contributed by atoms with van der Waals surface area (Å²) < 4.78 is 34.3. The van der Waals surface area contributed by atoms with Crippen LogP contribution >= 0.6 is 7.82 Å². The first-order chi connectivity index (χ1) is 31.0. The van der Waals surface area contributed by atoms with E-state index in [2.05, 4.69) is 74.6 Å². The van der Waals surface area contributed by atoms with Crippen molar-refractivity contribution in [3.8, 4) is 0 Å². The van der Waals surface area contributed by atoms with Crippen molar-refractivity contribution in [1.82, 2.24) is 0 Å². The van der Waals surface area contributed by atoms with E-state index < -0.39 is 26.5 Å². The molecule has 2 unspecified atom stereocenters. The Bertz CT molecular complexity index is 1270. The molecule has 0 aromatic carbocycles. The molecule has 1 N–H and O–H groups in total. The minimum absolute atomic E-state index is 0.0319. The molecule has 10 heteroatoms. The lowest BCUT2D eigenvalue weighted by atomic mass is 10.0. The van der Waals surface area contributed by atoms with Crippen LogP contribution in [0.1, 0.15) is 219 Å². The summed E-state index contributed by atoms with van der Waals surface area (Å²) in [7, 11) is 1.48. The molecule has 0 saturated heterocycles. The van der Waals surface area contributed by atoms with Gasteiger partial charge in [-0.15, -0.1) is 0 Å². The number of likely N-dealkylation sites (N-methyl/N-ethyl adjacent to an activating group) is 1. The first-order valence-electron chi connectivity index (χ1n) is 26.0. The number of esters is 2. The van der Waals surface area contributed by atoms with Gasteiger partial charge in [-0.05, 0) is 57.8 Å². The Hall–Kier alpha value is -2.29. The molecular formula is C54H99NO8P+. The van der Waals surface area contributed by atoms with E-state index in [1.807, 2.05) is 21.1 Å². The Morgan fingerprint density at radius 3 is 1.33 bits per heavy atom. The second kappa shape index (κ2) is 45.8. The highest BCUT2D eigenvalue weighted by atomic mass is 31.2. The summed E-state index contributed by atoms with van der Waals surface area (Å²) in [5.41, 5.74) is 0.